The summed E-state index contributed by atoms with van der Waals surface area (Å²) in [6.45, 7) is 8.20. The Morgan fingerprint density at radius 1 is 0.962 bits per heavy atom. The second kappa shape index (κ2) is 10.3. The average Bonchev–Trinajstić information content (AvgIpc) is 2.55. The summed E-state index contributed by atoms with van der Waals surface area (Å²) in [4.78, 5) is 0. The summed E-state index contributed by atoms with van der Waals surface area (Å²) < 4.78 is 13.0. The number of aryl methyl sites for hydroxylation is 1. The maximum Gasteiger partial charge on any atom is 0.385 e. The first-order valence-electron chi connectivity index (χ1n) is 9.12. The zero-order valence-electron chi connectivity index (χ0n) is 16.0. The van der Waals surface area contributed by atoms with Crippen LogP contribution in [0.5, 0.6) is 5.75 Å². The SMILES string of the molecule is CC(C)O[Si](CCCc1cc(O)ccc1-c1ccc(Br)cc1)OC(C)C. The smallest absolute Gasteiger partial charge is 0.385 e. The summed E-state index contributed by atoms with van der Waals surface area (Å²) in [6, 6.07) is 14.8. The molecule has 0 bridgehead atoms. The molecule has 0 fully saturated rings. The van der Waals surface area contributed by atoms with Crippen molar-refractivity contribution < 1.29 is 14.0 Å². The fourth-order valence-electron chi connectivity index (χ4n) is 2.79. The van der Waals surface area contributed by atoms with Crippen molar-refractivity contribution in [1.82, 2.24) is 0 Å². The molecule has 1 N–H and O–H groups in total. The van der Waals surface area contributed by atoms with Gasteiger partial charge in [-0.1, -0.05) is 34.1 Å². The van der Waals surface area contributed by atoms with Gasteiger partial charge in [0, 0.05) is 16.7 Å². The summed E-state index contributed by atoms with van der Waals surface area (Å²) in [7, 11) is -1.27. The molecule has 0 saturated carbocycles. The minimum absolute atomic E-state index is 0.182. The van der Waals surface area contributed by atoms with Crippen LogP contribution in [0.3, 0.4) is 0 Å². The summed E-state index contributed by atoms with van der Waals surface area (Å²) in [5.41, 5.74) is 3.48. The molecule has 5 heteroatoms. The quantitative estimate of drug-likeness (QED) is 0.484. The average molecular weight is 436 g/mol. The molecule has 0 heterocycles. The van der Waals surface area contributed by atoms with Gasteiger partial charge in [-0.05, 0) is 87.5 Å². The molecule has 0 unspecified atom stereocenters. The van der Waals surface area contributed by atoms with Crippen LogP contribution in [0, 0.1) is 0 Å². The molecule has 0 atom stereocenters. The third kappa shape index (κ3) is 6.87. The van der Waals surface area contributed by atoms with E-state index in [2.05, 4.69) is 55.8 Å². The molecular formula is C21H28BrO3Si. The van der Waals surface area contributed by atoms with E-state index < -0.39 is 9.28 Å². The van der Waals surface area contributed by atoms with Gasteiger partial charge in [-0.25, -0.2) is 0 Å². The molecule has 3 nitrogen and oxygen atoms in total. The van der Waals surface area contributed by atoms with Crippen LogP contribution in [0.1, 0.15) is 39.7 Å². The van der Waals surface area contributed by atoms with Crippen LogP contribution < -0.4 is 0 Å². The molecule has 0 aliphatic rings. The fraction of sp³-hybridized carbons (Fsp3) is 0.429. The van der Waals surface area contributed by atoms with E-state index in [1.165, 1.54) is 5.56 Å². The van der Waals surface area contributed by atoms with E-state index >= 15 is 0 Å². The summed E-state index contributed by atoms with van der Waals surface area (Å²) >= 11 is 3.48. The Kier molecular flexibility index (Phi) is 8.35. The van der Waals surface area contributed by atoms with Gasteiger partial charge in [0.2, 0.25) is 0 Å². The predicted octanol–water partition coefficient (Wildman–Crippen LogP) is 6.09. The van der Waals surface area contributed by atoms with Crippen molar-refractivity contribution in [2.24, 2.45) is 0 Å². The van der Waals surface area contributed by atoms with E-state index in [0.717, 1.165) is 34.5 Å². The number of benzene rings is 2. The number of rotatable bonds is 9. The second-order valence-corrected chi connectivity index (χ2v) is 9.54. The molecule has 2 aromatic carbocycles. The van der Waals surface area contributed by atoms with Gasteiger partial charge in [0.1, 0.15) is 5.75 Å². The Morgan fingerprint density at radius 2 is 1.58 bits per heavy atom. The molecule has 0 aromatic heterocycles. The lowest BCUT2D eigenvalue weighted by Gasteiger charge is -2.20. The number of hydrogen-bond acceptors (Lipinski definition) is 3. The summed E-state index contributed by atoms with van der Waals surface area (Å²) in [5, 5.41) is 9.92. The van der Waals surface area contributed by atoms with Crippen molar-refractivity contribution in [2.75, 3.05) is 0 Å². The lowest BCUT2D eigenvalue weighted by molar-refractivity contribution is 0.129. The first-order valence-corrected chi connectivity index (χ1v) is 11.4. The van der Waals surface area contributed by atoms with Gasteiger partial charge in [0.15, 0.2) is 0 Å². The van der Waals surface area contributed by atoms with E-state index in [1.807, 2.05) is 24.3 Å². The highest BCUT2D eigenvalue weighted by molar-refractivity contribution is 9.10. The largest absolute Gasteiger partial charge is 0.508 e. The maximum absolute atomic E-state index is 9.92. The standard InChI is InChI=1S/C21H28BrO3Si/c1-15(2)24-26(25-16(3)4)13-5-6-18-14-20(23)11-12-21(18)17-7-9-19(22)10-8-17/h7-12,14-16,23H,5-6,13H2,1-4H3. The normalized spacial score (nSPS) is 11.7. The Balaban J connectivity index is 2.08. The molecule has 1 radical (unpaired) electrons. The molecule has 0 aliphatic heterocycles. The number of phenolic OH excluding ortho intramolecular Hbond substituents is 1. The van der Waals surface area contributed by atoms with Crippen LogP contribution in [0.15, 0.2) is 46.9 Å². The first kappa shape index (κ1) is 21.2. The molecule has 0 saturated heterocycles. The van der Waals surface area contributed by atoms with Gasteiger partial charge < -0.3 is 14.0 Å². The lowest BCUT2D eigenvalue weighted by atomic mass is 9.96. The van der Waals surface area contributed by atoms with Crippen molar-refractivity contribution in [3.05, 3.63) is 52.5 Å². The highest BCUT2D eigenvalue weighted by atomic mass is 79.9. The Labute approximate surface area is 167 Å². The van der Waals surface area contributed by atoms with Crippen LogP contribution >= 0.6 is 15.9 Å². The van der Waals surface area contributed by atoms with Gasteiger partial charge in [-0.15, -0.1) is 0 Å². The number of hydrogen-bond donors (Lipinski definition) is 1. The van der Waals surface area contributed by atoms with Crippen LogP contribution in [0.2, 0.25) is 6.04 Å². The van der Waals surface area contributed by atoms with Crippen molar-refractivity contribution in [2.45, 2.75) is 58.8 Å². The summed E-state index contributed by atoms with van der Waals surface area (Å²) in [5.74, 6) is 0.309. The van der Waals surface area contributed by atoms with Crippen LogP contribution in [0.4, 0.5) is 0 Å². The number of aromatic hydroxyl groups is 1. The van der Waals surface area contributed by atoms with E-state index in [4.69, 9.17) is 8.85 Å². The van der Waals surface area contributed by atoms with E-state index in [9.17, 15) is 5.11 Å². The van der Waals surface area contributed by atoms with Crippen molar-refractivity contribution >= 4 is 25.2 Å². The molecule has 0 aliphatic carbocycles. The third-order valence-corrected chi connectivity index (χ3v) is 6.56. The zero-order valence-corrected chi connectivity index (χ0v) is 18.5. The van der Waals surface area contributed by atoms with E-state index in [1.54, 1.807) is 6.07 Å². The van der Waals surface area contributed by atoms with Crippen LogP contribution in [0.25, 0.3) is 11.1 Å². The number of phenols is 1. The Bertz CT molecular complexity index is 676. The zero-order chi connectivity index (χ0) is 19.1. The van der Waals surface area contributed by atoms with Crippen LogP contribution in [-0.4, -0.2) is 26.6 Å². The van der Waals surface area contributed by atoms with Crippen molar-refractivity contribution in [3.8, 4) is 16.9 Å². The predicted molar refractivity (Wildman–Crippen MR) is 113 cm³/mol. The van der Waals surface area contributed by atoms with Crippen LogP contribution in [-0.2, 0) is 15.3 Å². The van der Waals surface area contributed by atoms with Gasteiger partial charge in [0.25, 0.3) is 0 Å². The Hall–Kier alpha value is -1.14. The second-order valence-electron chi connectivity index (χ2n) is 6.91. The Morgan fingerprint density at radius 3 is 2.15 bits per heavy atom. The number of halogens is 1. The molecule has 141 valence electrons. The molecular weight excluding hydrogens is 408 g/mol. The monoisotopic (exact) mass is 435 g/mol. The molecule has 0 spiro atoms. The molecule has 26 heavy (non-hydrogen) atoms. The van der Waals surface area contributed by atoms with Gasteiger partial charge in [-0.2, -0.15) is 0 Å². The van der Waals surface area contributed by atoms with Gasteiger partial charge in [-0.3, -0.25) is 0 Å². The van der Waals surface area contributed by atoms with E-state index in [-0.39, 0.29) is 12.2 Å². The van der Waals surface area contributed by atoms with Gasteiger partial charge >= 0.3 is 9.28 Å². The maximum atomic E-state index is 9.92. The topological polar surface area (TPSA) is 38.7 Å². The fourth-order valence-corrected chi connectivity index (χ4v) is 4.87. The first-order chi connectivity index (χ1) is 12.3. The van der Waals surface area contributed by atoms with Crippen molar-refractivity contribution in [1.29, 1.82) is 0 Å². The third-order valence-electron chi connectivity index (χ3n) is 3.81. The highest BCUT2D eigenvalue weighted by Crippen LogP contribution is 2.29. The molecule has 2 rings (SSSR count). The van der Waals surface area contributed by atoms with Gasteiger partial charge in [0.05, 0.1) is 0 Å². The van der Waals surface area contributed by atoms with E-state index in [0.29, 0.717) is 5.75 Å². The summed E-state index contributed by atoms with van der Waals surface area (Å²) in [6.07, 6.45) is 2.22. The lowest BCUT2D eigenvalue weighted by Crippen LogP contribution is -2.29. The minimum atomic E-state index is -1.27. The van der Waals surface area contributed by atoms with Crippen molar-refractivity contribution in [3.63, 3.8) is 0 Å². The highest BCUT2D eigenvalue weighted by Gasteiger charge is 2.19. The molecule has 2 aromatic rings. The minimum Gasteiger partial charge on any atom is -0.508 e. The molecule has 0 amide bonds.